The number of amides is 1. The maximum absolute atomic E-state index is 13.5. The van der Waals surface area contributed by atoms with Crippen LogP contribution in [-0.4, -0.2) is 27.8 Å². The molecule has 0 saturated heterocycles. The fourth-order valence-corrected chi connectivity index (χ4v) is 2.69. The molecule has 0 aromatic carbocycles. The molecular formula is C11H10F3N5OS. The van der Waals surface area contributed by atoms with Crippen molar-refractivity contribution < 1.29 is 18.0 Å². The number of aromatic nitrogens is 2. The summed E-state index contributed by atoms with van der Waals surface area (Å²) in [7, 11) is 0. The van der Waals surface area contributed by atoms with Crippen LogP contribution in [0.25, 0.3) is 0 Å². The summed E-state index contributed by atoms with van der Waals surface area (Å²) in [6.07, 6.45) is -4.50. The maximum atomic E-state index is 13.5. The maximum Gasteiger partial charge on any atom is 0.425 e. The highest BCUT2D eigenvalue weighted by atomic mass is 32.1. The number of aryl methyl sites for hydroxylation is 1. The van der Waals surface area contributed by atoms with Crippen LogP contribution in [0.2, 0.25) is 0 Å². The smallest absolute Gasteiger partial charge is 0.334 e. The molecule has 1 aliphatic heterocycles. The van der Waals surface area contributed by atoms with Crippen LogP contribution < -0.4 is 10.6 Å². The Labute approximate surface area is 121 Å². The predicted molar refractivity (Wildman–Crippen MR) is 68.2 cm³/mol. The van der Waals surface area contributed by atoms with E-state index in [4.69, 9.17) is 5.26 Å². The van der Waals surface area contributed by atoms with E-state index < -0.39 is 23.2 Å². The third-order valence-electron chi connectivity index (χ3n) is 2.99. The number of nitrogens with one attached hydrogen (secondary N) is 2. The molecule has 0 fully saturated rings. The number of allylic oxidation sites excluding steroid dienone is 1. The molecule has 0 radical (unpaired) electrons. The van der Waals surface area contributed by atoms with Gasteiger partial charge in [0.1, 0.15) is 5.01 Å². The molecule has 6 nitrogen and oxygen atoms in total. The Morgan fingerprint density at radius 1 is 1.48 bits per heavy atom. The van der Waals surface area contributed by atoms with Gasteiger partial charge in [-0.25, -0.2) is 0 Å². The Morgan fingerprint density at radius 3 is 2.62 bits per heavy atom. The van der Waals surface area contributed by atoms with Crippen molar-refractivity contribution in [1.29, 1.82) is 5.26 Å². The number of hydrogen-bond acceptors (Lipinski definition) is 6. The van der Waals surface area contributed by atoms with Crippen LogP contribution >= 0.6 is 11.3 Å². The lowest BCUT2D eigenvalue weighted by molar-refractivity contribution is -0.174. The van der Waals surface area contributed by atoms with Crippen molar-refractivity contribution in [2.24, 2.45) is 0 Å². The van der Waals surface area contributed by atoms with Crippen LogP contribution in [0.15, 0.2) is 11.3 Å². The quantitative estimate of drug-likeness (QED) is 0.886. The van der Waals surface area contributed by atoms with Crippen LogP contribution in [-0.2, 0) is 11.2 Å². The third-order valence-corrected chi connectivity index (χ3v) is 3.98. The number of rotatable bonds is 3. The van der Waals surface area contributed by atoms with Crippen LogP contribution in [0.4, 0.5) is 18.3 Å². The van der Waals surface area contributed by atoms with Crippen molar-refractivity contribution in [1.82, 2.24) is 15.5 Å². The summed E-state index contributed by atoms with van der Waals surface area (Å²) < 4.78 is 40.5. The van der Waals surface area contributed by atoms with Crippen molar-refractivity contribution in [3.05, 3.63) is 16.3 Å². The summed E-state index contributed by atoms with van der Waals surface area (Å²) >= 11 is 0.905. The zero-order chi connectivity index (χ0) is 15.8. The zero-order valence-corrected chi connectivity index (χ0v) is 11.8. The second-order valence-corrected chi connectivity index (χ2v) is 5.36. The molecule has 21 heavy (non-hydrogen) atoms. The van der Waals surface area contributed by atoms with Crippen LogP contribution in [0, 0.1) is 11.3 Å². The minimum absolute atomic E-state index is 0.132. The van der Waals surface area contributed by atoms with E-state index in [1.165, 1.54) is 13.0 Å². The van der Waals surface area contributed by atoms with Gasteiger partial charge in [-0.1, -0.05) is 18.3 Å². The highest BCUT2D eigenvalue weighted by molar-refractivity contribution is 7.15. The molecule has 0 saturated carbocycles. The Kier molecular flexibility index (Phi) is 3.63. The molecule has 2 heterocycles. The Morgan fingerprint density at radius 2 is 2.14 bits per heavy atom. The second-order valence-electron chi connectivity index (χ2n) is 4.29. The summed E-state index contributed by atoms with van der Waals surface area (Å²) in [6.45, 7) is 3.01. The number of halogens is 3. The summed E-state index contributed by atoms with van der Waals surface area (Å²) in [4.78, 5) is 11.9. The summed E-state index contributed by atoms with van der Waals surface area (Å²) in [5, 5.41) is 20.7. The van der Waals surface area contributed by atoms with E-state index in [0.29, 0.717) is 11.4 Å². The van der Waals surface area contributed by atoms with Crippen LogP contribution in [0.3, 0.4) is 0 Å². The monoisotopic (exact) mass is 317 g/mol. The Balaban J connectivity index is 2.54. The van der Waals surface area contributed by atoms with Crippen molar-refractivity contribution in [3.63, 3.8) is 0 Å². The van der Waals surface area contributed by atoms with Gasteiger partial charge in [-0.3, -0.25) is 4.79 Å². The van der Waals surface area contributed by atoms with E-state index >= 15 is 0 Å². The van der Waals surface area contributed by atoms with Gasteiger partial charge in [-0.2, -0.15) is 18.4 Å². The van der Waals surface area contributed by atoms with Gasteiger partial charge in [-0.05, 0) is 13.3 Å². The minimum atomic E-state index is -5.00. The molecule has 1 atom stereocenters. The molecule has 1 aromatic rings. The van der Waals surface area contributed by atoms with Gasteiger partial charge in [-0.15, -0.1) is 10.2 Å². The first-order valence-electron chi connectivity index (χ1n) is 5.86. The lowest BCUT2D eigenvalue weighted by Crippen LogP contribution is -2.59. The predicted octanol–water partition coefficient (Wildman–Crippen LogP) is 1.74. The van der Waals surface area contributed by atoms with E-state index in [2.05, 4.69) is 15.5 Å². The average Bonchev–Trinajstić information content (AvgIpc) is 2.93. The number of nitriles is 1. The normalized spacial score (nSPS) is 22.2. The molecule has 2 N–H and O–H groups in total. The van der Waals surface area contributed by atoms with Gasteiger partial charge in [0.05, 0.1) is 11.6 Å². The highest BCUT2D eigenvalue weighted by Gasteiger charge is 2.67. The minimum Gasteiger partial charge on any atom is -0.334 e. The largest absolute Gasteiger partial charge is 0.425 e. The summed E-state index contributed by atoms with van der Waals surface area (Å²) in [5.74, 6) is -1.35. The van der Waals surface area contributed by atoms with E-state index in [1.54, 1.807) is 6.92 Å². The third kappa shape index (κ3) is 2.23. The average molecular weight is 317 g/mol. The fraction of sp³-hybridized carbons (Fsp3) is 0.455. The van der Waals surface area contributed by atoms with Crippen LogP contribution in [0.5, 0.6) is 0 Å². The van der Waals surface area contributed by atoms with E-state index in [1.807, 2.05) is 5.32 Å². The molecule has 1 amide bonds. The first kappa shape index (κ1) is 15.2. The zero-order valence-electron chi connectivity index (χ0n) is 11.0. The lowest BCUT2D eigenvalue weighted by Gasteiger charge is -2.29. The van der Waals surface area contributed by atoms with Gasteiger partial charge in [0, 0.05) is 5.70 Å². The molecular weight excluding hydrogens is 307 g/mol. The van der Waals surface area contributed by atoms with E-state index in [-0.39, 0.29) is 10.8 Å². The van der Waals surface area contributed by atoms with E-state index in [9.17, 15) is 18.0 Å². The Bertz CT molecular complexity index is 660. The molecule has 112 valence electrons. The molecule has 0 aliphatic carbocycles. The van der Waals surface area contributed by atoms with Crippen molar-refractivity contribution in [2.75, 3.05) is 5.32 Å². The molecule has 0 unspecified atom stereocenters. The van der Waals surface area contributed by atoms with E-state index in [0.717, 1.165) is 11.3 Å². The first-order chi connectivity index (χ1) is 9.76. The molecule has 0 bridgehead atoms. The van der Waals surface area contributed by atoms with Crippen LogP contribution in [0.1, 0.15) is 18.9 Å². The van der Waals surface area contributed by atoms with Crippen molar-refractivity contribution >= 4 is 22.4 Å². The topological polar surface area (TPSA) is 90.7 Å². The first-order valence-corrected chi connectivity index (χ1v) is 6.68. The fourth-order valence-electron chi connectivity index (χ4n) is 1.96. The number of anilines is 1. The number of carbonyl (C=O) groups excluding carboxylic acids is 1. The molecule has 0 spiro atoms. The molecule has 1 aliphatic rings. The van der Waals surface area contributed by atoms with Gasteiger partial charge < -0.3 is 10.6 Å². The Hall–Kier alpha value is -2.15. The van der Waals surface area contributed by atoms with Gasteiger partial charge in [0.2, 0.25) is 5.13 Å². The molecule has 1 aromatic heterocycles. The van der Waals surface area contributed by atoms with Gasteiger partial charge in [0.15, 0.2) is 0 Å². The number of alkyl halides is 3. The SMILES string of the molecule is CCc1nnc(N[C@]2(C(F)(F)F)C(=O)NC(C)=C2C#N)s1. The number of carbonyl (C=O) groups is 1. The summed E-state index contributed by atoms with van der Waals surface area (Å²) in [6, 6.07) is 1.45. The van der Waals surface area contributed by atoms with Gasteiger partial charge >= 0.3 is 6.18 Å². The second kappa shape index (κ2) is 5.00. The molecule has 2 rings (SSSR count). The number of nitrogens with zero attached hydrogens (tertiary/aromatic N) is 3. The lowest BCUT2D eigenvalue weighted by atomic mass is 9.90. The van der Waals surface area contributed by atoms with Crippen molar-refractivity contribution in [2.45, 2.75) is 32.0 Å². The number of hydrogen-bond donors (Lipinski definition) is 2. The summed E-state index contributed by atoms with van der Waals surface area (Å²) in [5.41, 5.74) is -3.98. The standard InChI is InChI=1S/C11H10F3N5OS/c1-3-7-18-19-9(21-7)17-10(11(12,13)14)6(4-15)5(2)16-8(10)20/h3H2,1-2H3,(H,16,20)(H,17,19)/t10-/m0/s1. The van der Waals surface area contributed by atoms with Crippen molar-refractivity contribution in [3.8, 4) is 6.07 Å². The van der Waals surface area contributed by atoms with Gasteiger partial charge in [0.25, 0.3) is 11.4 Å². The molecule has 10 heteroatoms. The highest BCUT2D eigenvalue weighted by Crippen LogP contribution is 2.43.